The number of primary amides is 1. The number of nitrogens with two attached hydrogens (primary N) is 1. The van der Waals surface area contributed by atoms with Gasteiger partial charge in [0.1, 0.15) is 6.04 Å². The number of carbonyl (C=O) groups excluding carboxylic acids is 2. The third-order valence-corrected chi connectivity index (χ3v) is 3.00. The van der Waals surface area contributed by atoms with Crippen LogP contribution in [0.1, 0.15) is 33.1 Å². The van der Waals surface area contributed by atoms with E-state index >= 15 is 0 Å². The first-order valence-electron chi connectivity index (χ1n) is 6.56. The third-order valence-electron chi connectivity index (χ3n) is 3.00. The molecule has 1 saturated heterocycles. The fraction of sp³-hybridized carbons (Fsp3) is 0.750. The number of carbonyl (C=O) groups is 2. The van der Waals surface area contributed by atoms with Gasteiger partial charge in [0, 0.05) is 0 Å². The van der Waals surface area contributed by atoms with Crippen molar-refractivity contribution in [2.45, 2.75) is 39.2 Å². The Bertz CT molecular complexity index is 351. The molecule has 1 aliphatic heterocycles. The fourth-order valence-electron chi connectivity index (χ4n) is 2.19. The minimum atomic E-state index is -0.749. The predicted molar refractivity (Wildman–Crippen MR) is 71.7 cm³/mol. The second-order valence-electron chi connectivity index (χ2n) is 4.48. The molecule has 0 spiro atoms. The van der Waals surface area contributed by atoms with Crippen LogP contribution < -0.4 is 11.2 Å². The molecule has 1 aliphatic rings. The Morgan fingerprint density at radius 2 is 2.00 bits per heavy atom. The van der Waals surface area contributed by atoms with Crippen molar-refractivity contribution in [1.82, 2.24) is 10.3 Å². The Morgan fingerprint density at radius 3 is 2.53 bits per heavy atom. The van der Waals surface area contributed by atoms with Crippen molar-refractivity contribution in [1.29, 1.82) is 0 Å². The number of esters is 1. The number of hydrazone groups is 1. The van der Waals surface area contributed by atoms with Crippen LogP contribution in [0.25, 0.3) is 0 Å². The van der Waals surface area contributed by atoms with Gasteiger partial charge in [-0.25, -0.2) is 15.0 Å². The van der Waals surface area contributed by atoms with Gasteiger partial charge in [-0.1, -0.05) is 6.42 Å². The number of nitrogens with zero attached hydrogens (tertiary/aromatic N) is 2. The highest BCUT2D eigenvalue weighted by molar-refractivity contribution is 6.05. The van der Waals surface area contributed by atoms with Crippen LogP contribution >= 0.6 is 0 Å². The SMILES string of the molecule is CCOC(=O)C(C(C)=NNC(N)=O)N1CCCCC1. The Hall–Kier alpha value is -1.63. The molecule has 3 N–H and O–H groups in total. The number of amides is 2. The van der Waals surface area contributed by atoms with E-state index in [4.69, 9.17) is 10.5 Å². The van der Waals surface area contributed by atoms with Gasteiger partial charge in [0.05, 0.1) is 12.3 Å². The first kappa shape index (κ1) is 15.4. The van der Waals surface area contributed by atoms with Crippen molar-refractivity contribution in [3.63, 3.8) is 0 Å². The zero-order valence-corrected chi connectivity index (χ0v) is 11.5. The van der Waals surface area contributed by atoms with Crippen molar-refractivity contribution in [2.24, 2.45) is 10.8 Å². The number of likely N-dealkylation sites (tertiary alicyclic amines) is 1. The minimum absolute atomic E-state index is 0.319. The molecule has 1 rings (SSSR count). The molecule has 1 heterocycles. The van der Waals surface area contributed by atoms with Crippen molar-refractivity contribution < 1.29 is 14.3 Å². The van der Waals surface area contributed by atoms with Crippen molar-refractivity contribution >= 4 is 17.7 Å². The summed E-state index contributed by atoms with van der Waals surface area (Å²) >= 11 is 0. The average molecular weight is 270 g/mol. The monoisotopic (exact) mass is 270 g/mol. The summed E-state index contributed by atoms with van der Waals surface area (Å²) in [6.07, 6.45) is 3.26. The smallest absolute Gasteiger partial charge is 0.332 e. The molecule has 108 valence electrons. The molecule has 0 radical (unpaired) electrons. The lowest BCUT2D eigenvalue weighted by Crippen LogP contribution is -2.49. The van der Waals surface area contributed by atoms with Crippen LogP contribution in [-0.2, 0) is 9.53 Å². The van der Waals surface area contributed by atoms with Crippen molar-refractivity contribution in [3.8, 4) is 0 Å². The van der Waals surface area contributed by atoms with E-state index in [9.17, 15) is 9.59 Å². The molecule has 2 amide bonds. The summed E-state index contributed by atoms with van der Waals surface area (Å²) in [4.78, 5) is 24.7. The third kappa shape index (κ3) is 4.86. The van der Waals surface area contributed by atoms with Crippen LogP contribution in [0.3, 0.4) is 0 Å². The molecule has 1 unspecified atom stereocenters. The van der Waals surface area contributed by atoms with Crippen LogP contribution in [0.2, 0.25) is 0 Å². The number of ether oxygens (including phenoxy) is 1. The Morgan fingerprint density at radius 1 is 1.37 bits per heavy atom. The Labute approximate surface area is 113 Å². The Kier molecular flexibility index (Phi) is 6.27. The summed E-state index contributed by atoms with van der Waals surface area (Å²) in [5.41, 5.74) is 7.61. The molecule has 0 aromatic rings. The maximum Gasteiger partial charge on any atom is 0.332 e. The number of nitrogens with one attached hydrogen (secondary N) is 1. The first-order chi connectivity index (χ1) is 9.06. The molecule has 1 fully saturated rings. The van der Waals surface area contributed by atoms with Crippen molar-refractivity contribution in [2.75, 3.05) is 19.7 Å². The van der Waals surface area contributed by atoms with E-state index in [1.165, 1.54) is 6.42 Å². The number of rotatable bonds is 5. The highest BCUT2D eigenvalue weighted by Crippen LogP contribution is 2.14. The van der Waals surface area contributed by atoms with Gasteiger partial charge in [0.15, 0.2) is 0 Å². The highest BCUT2D eigenvalue weighted by Gasteiger charge is 2.31. The number of urea groups is 1. The number of piperidine rings is 1. The van der Waals surface area contributed by atoms with E-state index in [0.29, 0.717) is 12.3 Å². The predicted octanol–water partition coefficient (Wildman–Crippen LogP) is 0.448. The summed E-state index contributed by atoms with van der Waals surface area (Å²) in [5, 5.41) is 3.85. The maximum atomic E-state index is 12.0. The van der Waals surface area contributed by atoms with E-state index in [-0.39, 0.29) is 5.97 Å². The van der Waals surface area contributed by atoms with Crippen LogP contribution in [0.4, 0.5) is 4.79 Å². The lowest BCUT2D eigenvalue weighted by Gasteiger charge is -2.32. The second kappa shape index (κ2) is 7.73. The van der Waals surface area contributed by atoms with Crippen LogP contribution in [0, 0.1) is 0 Å². The van der Waals surface area contributed by atoms with Crippen LogP contribution in [0.15, 0.2) is 5.10 Å². The van der Waals surface area contributed by atoms with Gasteiger partial charge in [0.25, 0.3) is 0 Å². The molecule has 0 aliphatic carbocycles. The first-order valence-corrected chi connectivity index (χ1v) is 6.56. The van der Waals surface area contributed by atoms with E-state index in [1.54, 1.807) is 13.8 Å². The molecular weight excluding hydrogens is 248 g/mol. The second-order valence-corrected chi connectivity index (χ2v) is 4.48. The van der Waals surface area contributed by atoms with E-state index < -0.39 is 12.1 Å². The lowest BCUT2D eigenvalue weighted by atomic mass is 10.1. The summed E-state index contributed by atoms with van der Waals surface area (Å²) in [7, 11) is 0. The van der Waals surface area contributed by atoms with Gasteiger partial charge < -0.3 is 10.5 Å². The number of hydrogen-bond donors (Lipinski definition) is 2. The molecule has 7 heteroatoms. The summed E-state index contributed by atoms with van der Waals surface area (Å²) in [6.45, 7) is 5.42. The summed E-state index contributed by atoms with van der Waals surface area (Å²) in [5.74, 6) is -0.336. The quantitative estimate of drug-likeness (QED) is 0.430. The van der Waals surface area contributed by atoms with E-state index in [2.05, 4.69) is 10.5 Å². The number of hydrogen-bond acceptors (Lipinski definition) is 5. The van der Waals surface area contributed by atoms with Crippen LogP contribution in [0.5, 0.6) is 0 Å². The lowest BCUT2D eigenvalue weighted by molar-refractivity contribution is -0.147. The normalized spacial score (nSPS) is 18.7. The topological polar surface area (TPSA) is 97.0 Å². The van der Waals surface area contributed by atoms with Gasteiger partial charge >= 0.3 is 12.0 Å². The molecule has 1 atom stereocenters. The average Bonchev–Trinajstić information content (AvgIpc) is 2.38. The van der Waals surface area contributed by atoms with Crippen LogP contribution in [-0.4, -0.2) is 48.4 Å². The highest BCUT2D eigenvalue weighted by atomic mass is 16.5. The molecule has 7 nitrogen and oxygen atoms in total. The molecule has 0 aromatic heterocycles. The zero-order valence-electron chi connectivity index (χ0n) is 11.5. The molecule has 0 saturated carbocycles. The summed E-state index contributed by atoms with van der Waals surface area (Å²) in [6, 6.07) is -1.30. The minimum Gasteiger partial charge on any atom is -0.465 e. The Balaban J connectivity index is 2.80. The van der Waals surface area contributed by atoms with Crippen molar-refractivity contribution in [3.05, 3.63) is 0 Å². The summed E-state index contributed by atoms with van der Waals surface area (Å²) < 4.78 is 5.08. The fourth-order valence-corrected chi connectivity index (χ4v) is 2.19. The molecule has 0 aromatic carbocycles. The van der Waals surface area contributed by atoms with E-state index in [0.717, 1.165) is 25.9 Å². The van der Waals surface area contributed by atoms with Gasteiger partial charge in [-0.2, -0.15) is 5.10 Å². The molecule has 19 heavy (non-hydrogen) atoms. The van der Waals surface area contributed by atoms with E-state index in [1.807, 2.05) is 4.90 Å². The maximum absolute atomic E-state index is 12.0. The zero-order chi connectivity index (χ0) is 14.3. The largest absolute Gasteiger partial charge is 0.465 e. The van der Waals surface area contributed by atoms with Gasteiger partial charge in [-0.05, 0) is 39.8 Å². The van der Waals surface area contributed by atoms with Gasteiger partial charge in [0.2, 0.25) is 0 Å². The standard InChI is InChI=1S/C12H22N4O3/c1-3-19-11(17)10(9(2)14-15-12(13)18)16-7-5-4-6-8-16/h10H,3-8H2,1-2H3,(H3,13,15,18). The molecular formula is C12H22N4O3. The van der Waals surface area contributed by atoms with Gasteiger partial charge in [-0.15, -0.1) is 0 Å². The molecule has 0 bridgehead atoms. The van der Waals surface area contributed by atoms with Gasteiger partial charge in [-0.3, -0.25) is 4.90 Å².